The van der Waals surface area contributed by atoms with Crippen LogP contribution in [-0.2, 0) is 0 Å². The highest BCUT2D eigenvalue weighted by atomic mass is 16.4. The van der Waals surface area contributed by atoms with E-state index in [1.54, 1.807) is 12.1 Å². The molecule has 17 heavy (non-hydrogen) atoms. The van der Waals surface area contributed by atoms with Crippen molar-refractivity contribution in [1.29, 1.82) is 0 Å². The Morgan fingerprint density at radius 1 is 1.35 bits per heavy atom. The highest BCUT2D eigenvalue weighted by Crippen LogP contribution is 2.05. The second-order valence-electron chi connectivity index (χ2n) is 3.46. The lowest BCUT2D eigenvalue weighted by atomic mass is 10.1. The Kier molecular flexibility index (Phi) is 2.95. The van der Waals surface area contributed by atoms with Gasteiger partial charge in [0.2, 0.25) is 11.6 Å². The first kappa shape index (κ1) is 11.0. The molecule has 0 unspecified atom stereocenters. The molecule has 1 aromatic heterocycles. The maximum atomic E-state index is 12.0. The van der Waals surface area contributed by atoms with Gasteiger partial charge in [0, 0.05) is 5.56 Å². The molecule has 1 N–H and O–H groups in total. The summed E-state index contributed by atoms with van der Waals surface area (Å²) < 4.78 is 1.11. The summed E-state index contributed by atoms with van der Waals surface area (Å²) in [7, 11) is 0. The fraction of sp³-hybridized carbons (Fsp3) is 0.0909. The third-order valence-corrected chi connectivity index (χ3v) is 2.25. The Morgan fingerprint density at radius 3 is 2.59 bits per heavy atom. The van der Waals surface area contributed by atoms with Crippen LogP contribution in [0.25, 0.3) is 0 Å². The highest BCUT2D eigenvalue weighted by molar-refractivity contribution is 6.45. The molecule has 0 bridgehead atoms. The zero-order valence-electron chi connectivity index (χ0n) is 9.11. The molecule has 0 atom stereocenters. The van der Waals surface area contributed by atoms with Gasteiger partial charge in [-0.15, -0.1) is 0 Å². The molecule has 1 heterocycles. The van der Waals surface area contributed by atoms with Crippen LogP contribution in [-0.4, -0.2) is 31.6 Å². The van der Waals surface area contributed by atoms with Gasteiger partial charge in [-0.2, -0.15) is 9.78 Å². The molecule has 6 nitrogen and oxygen atoms in total. The summed E-state index contributed by atoms with van der Waals surface area (Å²) in [5, 5.41) is 15.6. The zero-order valence-corrected chi connectivity index (χ0v) is 9.11. The average Bonchev–Trinajstić information content (AvgIpc) is 2.84. The van der Waals surface area contributed by atoms with Crippen LogP contribution in [0.3, 0.4) is 0 Å². The van der Waals surface area contributed by atoms with Crippen molar-refractivity contribution in [2.24, 2.45) is 5.16 Å². The summed E-state index contributed by atoms with van der Waals surface area (Å²) in [6.45, 7) is 1.92. The molecular weight excluding hydrogens is 220 g/mol. The minimum atomic E-state index is -0.419. The van der Waals surface area contributed by atoms with E-state index in [1.807, 2.05) is 19.1 Å². The molecule has 86 valence electrons. The maximum absolute atomic E-state index is 12.0. The molecule has 6 heteroatoms. The van der Waals surface area contributed by atoms with Gasteiger partial charge in [0.15, 0.2) is 0 Å². The van der Waals surface area contributed by atoms with Gasteiger partial charge in [0.05, 0.1) is 0 Å². The molecular formula is C11H10N4O2. The van der Waals surface area contributed by atoms with E-state index >= 15 is 0 Å². The first-order chi connectivity index (χ1) is 8.22. The van der Waals surface area contributed by atoms with E-state index in [4.69, 9.17) is 5.21 Å². The van der Waals surface area contributed by atoms with Gasteiger partial charge in [-0.25, -0.2) is 4.98 Å². The van der Waals surface area contributed by atoms with Crippen LogP contribution < -0.4 is 0 Å². The number of Topliss-reactive ketones (excluding diaryl/α,β-unsaturated/α-hetero) is 1. The number of hydrogen-bond donors (Lipinski definition) is 1. The third kappa shape index (κ3) is 2.20. The largest absolute Gasteiger partial charge is 0.409 e. The molecule has 0 saturated carbocycles. The molecule has 0 amide bonds. The second-order valence-corrected chi connectivity index (χ2v) is 3.46. The van der Waals surface area contributed by atoms with Gasteiger partial charge >= 0.3 is 0 Å². The summed E-state index contributed by atoms with van der Waals surface area (Å²) in [4.78, 5) is 15.7. The van der Waals surface area contributed by atoms with Gasteiger partial charge in [-0.1, -0.05) is 35.0 Å². The van der Waals surface area contributed by atoms with Gasteiger partial charge in [-0.3, -0.25) is 4.79 Å². The molecule has 2 rings (SSSR count). The number of aryl methyl sites for hydroxylation is 1. The van der Waals surface area contributed by atoms with Crippen LogP contribution in [0.5, 0.6) is 0 Å². The Labute approximate surface area is 97.2 Å². The van der Waals surface area contributed by atoms with Crippen molar-refractivity contribution in [3.05, 3.63) is 48.0 Å². The summed E-state index contributed by atoms with van der Waals surface area (Å²) in [6, 6.07) is 6.95. The normalized spacial score (nSPS) is 11.5. The average molecular weight is 230 g/mol. The smallest absolute Gasteiger partial charge is 0.242 e. The molecule has 0 fully saturated rings. The molecule has 0 saturated heterocycles. The summed E-state index contributed by atoms with van der Waals surface area (Å²) in [6.07, 6.45) is 2.55. The number of carbonyl (C=O) groups is 1. The number of ketones is 1. The molecule has 0 aliphatic rings. The first-order valence-corrected chi connectivity index (χ1v) is 4.91. The van der Waals surface area contributed by atoms with Crippen molar-refractivity contribution in [2.45, 2.75) is 6.92 Å². The minimum absolute atomic E-state index is 0.189. The van der Waals surface area contributed by atoms with Gasteiger partial charge in [-0.05, 0) is 6.92 Å². The predicted molar refractivity (Wildman–Crippen MR) is 60.2 cm³/mol. The highest BCUT2D eigenvalue weighted by Gasteiger charge is 2.17. The maximum Gasteiger partial charge on any atom is 0.242 e. The molecule has 2 aromatic rings. The Balaban J connectivity index is 2.34. The fourth-order valence-electron chi connectivity index (χ4n) is 1.35. The van der Waals surface area contributed by atoms with Crippen LogP contribution >= 0.6 is 0 Å². The van der Waals surface area contributed by atoms with Crippen LogP contribution in [0.4, 0.5) is 0 Å². The van der Waals surface area contributed by atoms with Crippen LogP contribution in [0.1, 0.15) is 15.9 Å². The van der Waals surface area contributed by atoms with Crippen molar-refractivity contribution in [1.82, 2.24) is 14.8 Å². The van der Waals surface area contributed by atoms with Crippen molar-refractivity contribution in [2.75, 3.05) is 0 Å². The van der Waals surface area contributed by atoms with Gasteiger partial charge in [0.25, 0.3) is 0 Å². The SMILES string of the molecule is Cc1ccc(C(=O)C(=NO)n2cncn2)cc1. The van der Waals surface area contributed by atoms with Crippen molar-refractivity contribution in [3.8, 4) is 0 Å². The Morgan fingerprint density at radius 2 is 2.06 bits per heavy atom. The standard InChI is InChI=1S/C11H10N4O2/c1-8-2-4-9(5-3-8)10(16)11(14-17)15-7-12-6-13-15/h2-7,17H,1H3. The lowest BCUT2D eigenvalue weighted by Crippen LogP contribution is -2.23. The minimum Gasteiger partial charge on any atom is -0.409 e. The number of oxime groups is 1. The van der Waals surface area contributed by atoms with Crippen LogP contribution in [0.2, 0.25) is 0 Å². The number of carbonyl (C=O) groups excluding carboxylic acids is 1. The molecule has 0 radical (unpaired) electrons. The van der Waals surface area contributed by atoms with E-state index in [0.29, 0.717) is 5.56 Å². The number of nitrogens with zero attached hydrogens (tertiary/aromatic N) is 4. The Bertz CT molecular complexity index is 543. The number of benzene rings is 1. The lowest BCUT2D eigenvalue weighted by molar-refractivity contribution is 0.105. The topological polar surface area (TPSA) is 80.4 Å². The zero-order chi connectivity index (χ0) is 12.3. The lowest BCUT2D eigenvalue weighted by Gasteiger charge is -2.03. The molecule has 0 aliphatic heterocycles. The molecule has 0 aliphatic carbocycles. The third-order valence-electron chi connectivity index (χ3n) is 2.25. The number of rotatable bonds is 2. The quantitative estimate of drug-likeness (QED) is 0.275. The summed E-state index contributed by atoms with van der Waals surface area (Å²) in [5.74, 6) is -0.607. The van der Waals surface area contributed by atoms with E-state index in [1.165, 1.54) is 12.7 Å². The predicted octanol–water partition coefficient (Wildman–Crippen LogP) is 1.11. The summed E-state index contributed by atoms with van der Waals surface area (Å²) >= 11 is 0. The molecule has 0 spiro atoms. The van der Waals surface area contributed by atoms with Crippen molar-refractivity contribution >= 4 is 11.6 Å². The van der Waals surface area contributed by atoms with Gasteiger partial charge in [0.1, 0.15) is 12.7 Å². The second kappa shape index (κ2) is 4.56. The van der Waals surface area contributed by atoms with Crippen molar-refractivity contribution < 1.29 is 10.0 Å². The first-order valence-electron chi connectivity index (χ1n) is 4.91. The monoisotopic (exact) mass is 230 g/mol. The van der Waals surface area contributed by atoms with Gasteiger partial charge < -0.3 is 5.21 Å². The van der Waals surface area contributed by atoms with Crippen molar-refractivity contribution in [3.63, 3.8) is 0 Å². The van der Waals surface area contributed by atoms with E-state index in [2.05, 4.69) is 15.2 Å². The van der Waals surface area contributed by atoms with E-state index in [9.17, 15) is 4.79 Å². The van der Waals surface area contributed by atoms with E-state index < -0.39 is 5.78 Å². The Hall–Kier alpha value is -2.50. The van der Waals surface area contributed by atoms with Crippen LogP contribution in [0, 0.1) is 6.92 Å². The number of hydrogen-bond acceptors (Lipinski definition) is 5. The van der Waals surface area contributed by atoms with Crippen LogP contribution in [0.15, 0.2) is 42.1 Å². The molecule has 1 aromatic carbocycles. The summed E-state index contributed by atoms with van der Waals surface area (Å²) in [5.41, 5.74) is 1.48. The number of aromatic nitrogens is 3. The fourth-order valence-corrected chi connectivity index (χ4v) is 1.35. The van der Waals surface area contributed by atoms with E-state index in [-0.39, 0.29) is 5.84 Å². The van der Waals surface area contributed by atoms with E-state index in [0.717, 1.165) is 10.2 Å².